The van der Waals surface area contributed by atoms with Gasteiger partial charge in [-0.3, -0.25) is 9.78 Å². The Balaban J connectivity index is 1.22. The molecule has 39 heavy (non-hydrogen) atoms. The van der Waals surface area contributed by atoms with Crippen LogP contribution < -0.4 is 15.0 Å². The maximum Gasteiger partial charge on any atom is 0.277 e. The number of ether oxygens (including phenoxy) is 1. The van der Waals surface area contributed by atoms with E-state index in [0.717, 1.165) is 15.7 Å². The molecule has 204 valence electrons. The van der Waals surface area contributed by atoms with Crippen LogP contribution in [-0.4, -0.2) is 55.3 Å². The quantitative estimate of drug-likeness (QED) is 0.335. The molecule has 1 saturated heterocycles. The predicted octanol–water partition coefficient (Wildman–Crippen LogP) is 3.48. The van der Waals surface area contributed by atoms with E-state index in [-0.39, 0.29) is 30.4 Å². The third-order valence-electron chi connectivity index (χ3n) is 6.41. The van der Waals surface area contributed by atoms with Gasteiger partial charge in [0.2, 0.25) is 11.0 Å². The number of halogens is 1. The number of hydrogen-bond acceptors (Lipinski definition) is 8. The molecule has 0 unspecified atom stereocenters. The number of aromatic nitrogens is 2. The third kappa shape index (κ3) is 5.86. The van der Waals surface area contributed by atoms with Gasteiger partial charge in [-0.1, -0.05) is 12.1 Å². The number of amides is 1. The van der Waals surface area contributed by atoms with Crippen LogP contribution >= 0.6 is 0 Å². The van der Waals surface area contributed by atoms with Crippen LogP contribution in [0.1, 0.15) is 24.1 Å². The summed E-state index contributed by atoms with van der Waals surface area (Å²) in [6, 6.07) is 11.5. The normalized spacial score (nSPS) is 15.9. The van der Waals surface area contributed by atoms with Gasteiger partial charge in [-0.15, -0.1) is 0 Å². The molecule has 2 aromatic carbocycles. The summed E-state index contributed by atoms with van der Waals surface area (Å²) in [4.78, 5) is 23.6. The zero-order valence-electron chi connectivity index (χ0n) is 21.5. The van der Waals surface area contributed by atoms with Gasteiger partial charge in [0, 0.05) is 38.6 Å². The van der Waals surface area contributed by atoms with E-state index in [9.17, 15) is 17.6 Å². The van der Waals surface area contributed by atoms with Crippen LogP contribution in [0.3, 0.4) is 0 Å². The molecule has 0 spiro atoms. The standard InChI is InChI=1S/C27H28FN5O5S/c1-32(2)25-16-29-15-21(31-25)17-37-22-6-3-5-18(11-22)14-30-27(34)23-7-4-10-33(23)39(35,36)26-13-19-12-20(28)8-9-24(19)38-26/h3,5-6,8-9,11-13,15-16,23H,4,7,10,14,17H2,1-2H3,(H,30,34)/t23-/m0/s1. The molecule has 4 aromatic rings. The van der Waals surface area contributed by atoms with E-state index in [1.165, 1.54) is 24.3 Å². The molecule has 0 saturated carbocycles. The van der Waals surface area contributed by atoms with E-state index < -0.39 is 27.8 Å². The smallest absolute Gasteiger partial charge is 0.277 e. The Hall–Kier alpha value is -4.03. The first-order valence-corrected chi connectivity index (χ1v) is 13.8. The van der Waals surface area contributed by atoms with E-state index in [2.05, 4.69) is 15.3 Å². The molecular weight excluding hydrogens is 525 g/mol. The second-order valence-corrected chi connectivity index (χ2v) is 11.3. The Morgan fingerprint density at radius 1 is 1.21 bits per heavy atom. The second-order valence-electron chi connectivity index (χ2n) is 9.44. The summed E-state index contributed by atoms with van der Waals surface area (Å²) in [6.45, 7) is 0.612. The lowest BCUT2D eigenvalue weighted by molar-refractivity contribution is -0.124. The van der Waals surface area contributed by atoms with Gasteiger partial charge in [0.05, 0.1) is 18.1 Å². The fourth-order valence-electron chi connectivity index (χ4n) is 4.41. The number of hydrogen-bond donors (Lipinski definition) is 1. The minimum Gasteiger partial charge on any atom is -0.487 e. The van der Waals surface area contributed by atoms with Crippen molar-refractivity contribution in [2.75, 3.05) is 25.5 Å². The number of benzene rings is 2. The molecule has 0 radical (unpaired) electrons. The number of sulfonamides is 1. The van der Waals surface area contributed by atoms with Crippen LogP contribution in [0.15, 0.2) is 70.4 Å². The Morgan fingerprint density at radius 3 is 2.87 bits per heavy atom. The molecule has 3 heterocycles. The number of nitrogens with zero attached hydrogens (tertiary/aromatic N) is 4. The van der Waals surface area contributed by atoms with Gasteiger partial charge in [0.25, 0.3) is 10.0 Å². The van der Waals surface area contributed by atoms with E-state index in [0.29, 0.717) is 29.7 Å². The highest BCUT2D eigenvalue weighted by Gasteiger charge is 2.41. The Kier molecular flexibility index (Phi) is 7.49. The zero-order valence-corrected chi connectivity index (χ0v) is 22.3. The van der Waals surface area contributed by atoms with E-state index in [4.69, 9.17) is 9.15 Å². The van der Waals surface area contributed by atoms with Crippen molar-refractivity contribution >= 4 is 32.7 Å². The highest BCUT2D eigenvalue weighted by molar-refractivity contribution is 7.89. The number of furan rings is 1. The molecule has 2 aromatic heterocycles. The van der Waals surface area contributed by atoms with Crippen LogP contribution in [0.5, 0.6) is 5.75 Å². The summed E-state index contributed by atoms with van der Waals surface area (Å²) in [7, 11) is -0.325. The highest BCUT2D eigenvalue weighted by atomic mass is 32.2. The van der Waals surface area contributed by atoms with Gasteiger partial charge in [-0.25, -0.2) is 17.8 Å². The van der Waals surface area contributed by atoms with Crippen molar-refractivity contribution in [2.24, 2.45) is 0 Å². The van der Waals surface area contributed by atoms with Gasteiger partial charge >= 0.3 is 0 Å². The highest BCUT2D eigenvalue weighted by Crippen LogP contribution is 2.30. The number of rotatable bonds is 9. The summed E-state index contributed by atoms with van der Waals surface area (Å²) >= 11 is 0. The lowest BCUT2D eigenvalue weighted by Crippen LogP contribution is -2.45. The summed E-state index contributed by atoms with van der Waals surface area (Å²) in [5, 5.41) is 2.87. The van der Waals surface area contributed by atoms with Crippen molar-refractivity contribution in [3.63, 3.8) is 0 Å². The molecule has 1 atom stereocenters. The number of fused-ring (bicyclic) bond motifs is 1. The van der Waals surface area contributed by atoms with Gasteiger partial charge < -0.3 is 19.4 Å². The fourth-order valence-corrected chi connectivity index (χ4v) is 6.02. The monoisotopic (exact) mass is 553 g/mol. The maximum absolute atomic E-state index is 13.6. The summed E-state index contributed by atoms with van der Waals surface area (Å²) in [6.07, 6.45) is 4.23. The number of carbonyl (C=O) groups is 1. The molecule has 10 nitrogen and oxygen atoms in total. The Bertz CT molecular complexity index is 1610. The molecule has 0 bridgehead atoms. The molecule has 1 fully saturated rings. The first-order chi connectivity index (χ1) is 18.7. The van der Waals surface area contributed by atoms with Gasteiger partial charge in [0.1, 0.15) is 35.6 Å². The lowest BCUT2D eigenvalue weighted by Gasteiger charge is -2.22. The van der Waals surface area contributed by atoms with Crippen LogP contribution in [0, 0.1) is 5.82 Å². The Morgan fingerprint density at radius 2 is 2.05 bits per heavy atom. The summed E-state index contributed by atoms with van der Waals surface area (Å²) in [5.74, 6) is 0.433. The molecule has 1 aliphatic heterocycles. The minimum atomic E-state index is -4.09. The van der Waals surface area contributed by atoms with Crippen molar-refractivity contribution in [3.05, 3.63) is 78.0 Å². The second kappa shape index (κ2) is 11.0. The average molecular weight is 554 g/mol. The van der Waals surface area contributed by atoms with Crippen LogP contribution in [0.25, 0.3) is 11.0 Å². The largest absolute Gasteiger partial charge is 0.487 e. The van der Waals surface area contributed by atoms with E-state index in [1.54, 1.807) is 24.5 Å². The molecule has 12 heteroatoms. The minimum absolute atomic E-state index is 0.188. The van der Waals surface area contributed by atoms with Crippen LogP contribution in [0.2, 0.25) is 0 Å². The number of anilines is 1. The first kappa shape index (κ1) is 26.6. The zero-order chi connectivity index (χ0) is 27.6. The molecule has 1 aliphatic rings. The fraction of sp³-hybridized carbons (Fsp3) is 0.296. The topological polar surface area (TPSA) is 118 Å². The van der Waals surface area contributed by atoms with E-state index in [1.807, 2.05) is 31.1 Å². The summed E-state index contributed by atoms with van der Waals surface area (Å²) in [5.41, 5.74) is 1.73. The lowest BCUT2D eigenvalue weighted by atomic mass is 10.2. The van der Waals surface area contributed by atoms with Gasteiger partial charge in [0.15, 0.2) is 0 Å². The molecule has 1 N–H and O–H groups in total. The third-order valence-corrected chi connectivity index (χ3v) is 8.17. The first-order valence-electron chi connectivity index (χ1n) is 12.4. The van der Waals surface area contributed by atoms with Crippen molar-refractivity contribution in [1.29, 1.82) is 0 Å². The van der Waals surface area contributed by atoms with Crippen molar-refractivity contribution in [3.8, 4) is 5.75 Å². The predicted molar refractivity (Wildman–Crippen MR) is 142 cm³/mol. The Labute approximate surface area is 225 Å². The number of carbonyl (C=O) groups excluding carboxylic acids is 1. The number of nitrogens with one attached hydrogen (secondary N) is 1. The maximum atomic E-state index is 13.6. The van der Waals surface area contributed by atoms with Crippen molar-refractivity contribution < 1.29 is 26.8 Å². The van der Waals surface area contributed by atoms with Crippen LogP contribution in [-0.2, 0) is 28.0 Å². The SMILES string of the molecule is CN(C)c1cncc(COc2cccc(CNC(=O)[C@@H]3CCCN3S(=O)(=O)c3cc4cc(F)ccc4o3)c2)n1. The molecule has 1 amide bonds. The molecule has 0 aliphatic carbocycles. The van der Waals surface area contributed by atoms with Crippen molar-refractivity contribution in [1.82, 2.24) is 19.6 Å². The van der Waals surface area contributed by atoms with E-state index >= 15 is 0 Å². The van der Waals surface area contributed by atoms with Crippen LogP contribution in [0.4, 0.5) is 10.2 Å². The summed E-state index contributed by atoms with van der Waals surface area (Å²) < 4.78 is 52.7. The van der Waals surface area contributed by atoms with Crippen molar-refractivity contribution in [2.45, 2.75) is 37.1 Å². The van der Waals surface area contributed by atoms with Gasteiger partial charge in [-0.05, 0) is 48.7 Å². The molecule has 5 rings (SSSR count). The van der Waals surface area contributed by atoms with Gasteiger partial charge in [-0.2, -0.15) is 4.31 Å². The molecular formula is C27H28FN5O5S. The average Bonchev–Trinajstić information content (AvgIpc) is 3.59.